The van der Waals surface area contributed by atoms with E-state index in [1.807, 2.05) is 24.3 Å². The molecule has 0 radical (unpaired) electrons. The summed E-state index contributed by atoms with van der Waals surface area (Å²) in [6.45, 7) is 7.03. The van der Waals surface area contributed by atoms with Crippen molar-refractivity contribution in [1.29, 1.82) is 0 Å². The maximum Gasteiger partial charge on any atom is 0.224 e. The van der Waals surface area contributed by atoms with Crippen molar-refractivity contribution in [1.82, 2.24) is 4.90 Å². The van der Waals surface area contributed by atoms with E-state index in [4.69, 9.17) is 9.47 Å². The zero-order valence-electron chi connectivity index (χ0n) is 17.9. The van der Waals surface area contributed by atoms with Crippen LogP contribution in [0.25, 0.3) is 0 Å². The van der Waals surface area contributed by atoms with Crippen molar-refractivity contribution in [3.8, 4) is 11.5 Å². The van der Waals surface area contributed by atoms with Crippen molar-refractivity contribution >= 4 is 17.3 Å². The van der Waals surface area contributed by atoms with E-state index in [-0.39, 0.29) is 5.91 Å². The lowest BCUT2D eigenvalue weighted by atomic mass is 10.0. The zero-order valence-corrected chi connectivity index (χ0v) is 17.9. The van der Waals surface area contributed by atoms with Crippen LogP contribution < -0.4 is 19.7 Å². The highest BCUT2D eigenvalue weighted by Gasteiger charge is 2.25. The third-order valence-corrected chi connectivity index (χ3v) is 5.97. The van der Waals surface area contributed by atoms with Crippen LogP contribution in [0.5, 0.6) is 11.5 Å². The van der Waals surface area contributed by atoms with Crippen LogP contribution in [0.4, 0.5) is 11.4 Å². The number of nitrogens with one attached hydrogen (secondary N) is 1. The van der Waals surface area contributed by atoms with Gasteiger partial charge in [-0.25, -0.2) is 0 Å². The first-order valence-electron chi connectivity index (χ1n) is 10.8. The van der Waals surface area contributed by atoms with E-state index in [1.54, 1.807) is 7.11 Å². The Morgan fingerprint density at radius 3 is 2.83 bits per heavy atom. The number of rotatable bonds is 7. The largest absolute Gasteiger partial charge is 0.495 e. The Hall–Kier alpha value is -2.73. The molecule has 2 aliphatic rings. The molecule has 4 rings (SSSR count). The summed E-state index contributed by atoms with van der Waals surface area (Å²) in [7, 11) is 1.73. The molecule has 2 aromatic carbocycles. The molecule has 1 saturated heterocycles. The number of para-hydroxylation sites is 2. The standard InChI is InChI=1S/C24H31N3O3/c1-18-17-26(13-14-27(18)22-6-3-4-7-23(22)29-2)12-5-15-30-20-10-8-19-9-11-24(28)25-21(19)16-20/h3-4,6-8,10,16,18H,5,9,11-15,17H2,1-2H3,(H,25,28). The van der Waals surface area contributed by atoms with Crippen LogP contribution in [0.1, 0.15) is 25.3 Å². The molecule has 1 fully saturated rings. The summed E-state index contributed by atoms with van der Waals surface area (Å²) >= 11 is 0. The van der Waals surface area contributed by atoms with Crippen molar-refractivity contribution in [3.63, 3.8) is 0 Å². The molecule has 6 heteroatoms. The van der Waals surface area contributed by atoms with Crippen LogP contribution in [0.3, 0.4) is 0 Å². The number of anilines is 2. The molecule has 0 spiro atoms. The molecule has 1 atom stereocenters. The van der Waals surface area contributed by atoms with Crippen molar-refractivity contribution in [2.45, 2.75) is 32.2 Å². The van der Waals surface area contributed by atoms with E-state index >= 15 is 0 Å². The summed E-state index contributed by atoms with van der Waals surface area (Å²) < 4.78 is 11.5. The average Bonchev–Trinajstić information content (AvgIpc) is 2.76. The van der Waals surface area contributed by atoms with Gasteiger partial charge in [0.05, 0.1) is 19.4 Å². The predicted molar refractivity (Wildman–Crippen MR) is 120 cm³/mol. The lowest BCUT2D eigenvalue weighted by Crippen LogP contribution is -2.52. The van der Waals surface area contributed by atoms with Crippen LogP contribution in [0.15, 0.2) is 42.5 Å². The molecule has 0 saturated carbocycles. The number of hydrogen-bond donors (Lipinski definition) is 1. The minimum Gasteiger partial charge on any atom is -0.495 e. The van der Waals surface area contributed by atoms with E-state index < -0.39 is 0 Å². The summed E-state index contributed by atoms with van der Waals surface area (Å²) in [4.78, 5) is 16.5. The van der Waals surface area contributed by atoms with Crippen LogP contribution in [0.2, 0.25) is 0 Å². The molecule has 2 heterocycles. The van der Waals surface area contributed by atoms with Crippen LogP contribution in [-0.4, -0.2) is 56.7 Å². The molecule has 2 aromatic rings. The van der Waals surface area contributed by atoms with E-state index in [0.717, 1.165) is 56.2 Å². The third kappa shape index (κ3) is 4.70. The maximum absolute atomic E-state index is 11.6. The first kappa shape index (κ1) is 20.5. The number of carbonyl (C=O) groups is 1. The number of carbonyl (C=O) groups excluding carboxylic acids is 1. The van der Waals surface area contributed by atoms with Crippen LogP contribution >= 0.6 is 0 Å². The van der Waals surface area contributed by atoms with Gasteiger partial charge in [-0.2, -0.15) is 0 Å². The molecule has 6 nitrogen and oxygen atoms in total. The highest BCUT2D eigenvalue weighted by molar-refractivity contribution is 5.94. The molecule has 0 bridgehead atoms. The van der Waals surface area contributed by atoms with Crippen molar-refractivity contribution in [2.75, 3.05) is 50.1 Å². The number of nitrogens with zero attached hydrogens (tertiary/aromatic N) is 2. The highest BCUT2D eigenvalue weighted by Crippen LogP contribution is 2.31. The summed E-state index contributed by atoms with van der Waals surface area (Å²) in [5.41, 5.74) is 3.25. The lowest BCUT2D eigenvalue weighted by Gasteiger charge is -2.41. The Morgan fingerprint density at radius 2 is 2.00 bits per heavy atom. The van der Waals surface area contributed by atoms with Gasteiger partial charge in [-0.05, 0) is 43.5 Å². The molecule has 30 heavy (non-hydrogen) atoms. The second kappa shape index (κ2) is 9.39. The average molecular weight is 410 g/mol. The van der Waals surface area contributed by atoms with Gasteiger partial charge >= 0.3 is 0 Å². The Kier molecular flexibility index (Phi) is 6.43. The molecular formula is C24H31N3O3. The highest BCUT2D eigenvalue weighted by atomic mass is 16.5. The first-order valence-corrected chi connectivity index (χ1v) is 10.8. The molecule has 160 valence electrons. The minimum atomic E-state index is 0.0843. The van der Waals surface area contributed by atoms with Gasteiger partial charge in [0.15, 0.2) is 0 Å². The lowest BCUT2D eigenvalue weighted by molar-refractivity contribution is -0.116. The van der Waals surface area contributed by atoms with Gasteiger partial charge in [-0.1, -0.05) is 18.2 Å². The number of benzene rings is 2. The normalized spacial score (nSPS) is 19.2. The number of methoxy groups -OCH3 is 1. The number of hydrogen-bond acceptors (Lipinski definition) is 5. The van der Waals surface area contributed by atoms with Crippen LogP contribution in [-0.2, 0) is 11.2 Å². The summed E-state index contributed by atoms with van der Waals surface area (Å²) in [6.07, 6.45) is 2.35. The summed E-state index contributed by atoms with van der Waals surface area (Å²) in [6, 6.07) is 14.7. The number of ether oxygens (including phenoxy) is 2. The number of aryl methyl sites for hydroxylation is 1. The topological polar surface area (TPSA) is 54.0 Å². The molecule has 0 aliphatic carbocycles. The van der Waals surface area contributed by atoms with Gasteiger partial charge in [-0.15, -0.1) is 0 Å². The number of amides is 1. The monoisotopic (exact) mass is 409 g/mol. The predicted octanol–water partition coefficient (Wildman–Crippen LogP) is 3.56. The Morgan fingerprint density at radius 1 is 1.13 bits per heavy atom. The molecule has 1 N–H and O–H groups in total. The molecule has 0 aromatic heterocycles. The molecular weight excluding hydrogens is 378 g/mol. The Bertz CT molecular complexity index is 886. The Balaban J connectivity index is 1.23. The summed E-state index contributed by atoms with van der Waals surface area (Å²) in [5.74, 6) is 1.85. The van der Waals surface area contributed by atoms with Gasteiger partial charge < -0.3 is 19.7 Å². The quantitative estimate of drug-likeness (QED) is 0.709. The fraction of sp³-hybridized carbons (Fsp3) is 0.458. The van der Waals surface area contributed by atoms with E-state index in [1.165, 1.54) is 11.3 Å². The molecule has 1 amide bonds. The smallest absolute Gasteiger partial charge is 0.224 e. The minimum absolute atomic E-state index is 0.0843. The van der Waals surface area contributed by atoms with Gasteiger partial charge in [0.2, 0.25) is 5.91 Å². The molecule has 2 aliphatic heterocycles. The first-order chi connectivity index (χ1) is 14.6. The van der Waals surface area contributed by atoms with Gasteiger partial charge in [0, 0.05) is 50.4 Å². The number of piperazine rings is 1. The molecule has 1 unspecified atom stereocenters. The van der Waals surface area contributed by atoms with E-state index in [9.17, 15) is 4.79 Å². The third-order valence-electron chi connectivity index (χ3n) is 5.97. The SMILES string of the molecule is COc1ccccc1N1CCN(CCCOc2ccc3c(c2)NC(=O)CC3)CC1C. The summed E-state index contributed by atoms with van der Waals surface area (Å²) in [5, 5.41) is 2.93. The Labute approximate surface area is 178 Å². The fourth-order valence-electron chi connectivity index (χ4n) is 4.38. The van der Waals surface area contributed by atoms with Crippen molar-refractivity contribution < 1.29 is 14.3 Å². The van der Waals surface area contributed by atoms with Crippen molar-refractivity contribution in [3.05, 3.63) is 48.0 Å². The fourth-order valence-corrected chi connectivity index (χ4v) is 4.38. The van der Waals surface area contributed by atoms with E-state index in [0.29, 0.717) is 19.1 Å². The number of fused-ring (bicyclic) bond motifs is 1. The second-order valence-corrected chi connectivity index (χ2v) is 8.08. The second-order valence-electron chi connectivity index (χ2n) is 8.08. The van der Waals surface area contributed by atoms with Crippen LogP contribution in [0, 0.1) is 0 Å². The maximum atomic E-state index is 11.6. The van der Waals surface area contributed by atoms with Crippen molar-refractivity contribution in [2.24, 2.45) is 0 Å². The van der Waals surface area contributed by atoms with E-state index in [2.05, 4.69) is 40.2 Å². The zero-order chi connectivity index (χ0) is 20.9. The van der Waals surface area contributed by atoms with Gasteiger partial charge in [-0.3, -0.25) is 9.69 Å². The van der Waals surface area contributed by atoms with Gasteiger partial charge in [0.25, 0.3) is 0 Å². The van der Waals surface area contributed by atoms with Gasteiger partial charge in [0.1, 0.15) is 11.5 Å².